The number of hydrogen-bond donors (Lipinski definition) is 9. The highest BCUT2D eigenvalue weighted by Gasteiger charge is 2.50. The van der Waals surface area contributed by atoms with Gasteiger partial charge in [-0.3, -0.25) is 4.79 Å². The van der Waals surface area contributed by atoms with Crippen molar-refractivity contribution in [3.8, 4) is 0 Å². The van der Waals surface area contributed by atoms with Gasteiger partial charge < -0.3 is 65.1 Å². The first kappa shape index (κ1) is 44.9. The lowest BCUT2D eigenvalue weighted by molar-refractivity contribution is -0.359. The fourth-order valence-corrected chi connectivity index (χ4v) is 6.23. The Morgan fingerprint density at radius 3 is 1.92 bits per heavy atom. The first-order valence-corrected chi connectivity index (χ1v) is 18.9. The summed E-state index contributed by atoms with van der Waals surface area (Å²) in [6, 6.07) is -0.822. The lowest BCUT2D eigenvalue weighted by Crippen LogP contribution is -2.65. The van der Waals surface area contributed by atoms with Gasteiger partial charge in [0, 0.05) is 6.42 Å². The zero-order chi connectivity index (χ0) is 36.9. The van der Waals surface area contributed by atoms with E-state index in [1.54, 1.807) is 0 Å². The van der Waals surface area contributed by atoms with Crippen LogP contribution in [-0.4, -0.2) is 140 Å². The van der Waals surface area contributed by atoms with Crippen LogP contribution in [0.15, 0.2) is 12.2 Å². The van der Waals surface area contributed by atoms with E-state index in [-0.39, 0.29) is 12.5 Å². The van der Waals surface area contributed by atoms with Crippen LogP contribution in [0.25, 0.3) is 0 Å². The van der Waals surface area contributed by atoms with Crippen molar-refractivity contribution in [2.75, 3.05) is 19.8 Å². The van der Waals surface area contributed by atoms with Crippen LogP contribution in [0.3, 0.4) is 0 Å². The van der Waals surface area contributed by atoms with Crippen LogP contribution in [0.2, 0.25) is 0 Å². The van der Waals surface area contributed by atoms with E-state index in [1.807, 2.05) is 0 Å². The van der Waals surface area contributed by atoms with E-state index < -0.39 is 86.8 Å². The van der Waals surface area contributed by atoms with Crippen LogP contribution < -0.4 is 5.32 Å². The second kappa shape index (κ2) is 25.7. The number of ether oxygens (including phenoxy) is 4. The van der Waals surface area contributed by atoms with E-state index in [9.17, 15) is 45.6 Å². The molecule has 0 bridgehead atoms. The van der Waals surface area contributed by atoms with Gasteiger partial charge in [0.25, 0.3) is 0 Å². The van der Waals surface area contributed by atoms with Gasteiger partial charge in [-0.25, -0.2) is 0 Å². The van der Waals surface area contributed by atoms with Crippen LogP contribution >= 0.6 is 0 Å². The minimum atomic E-state index is -1.78. The number of allylic oxidation sites excluding steroid dienone is 2. The van der Waals surface area contributed by atoms with Crippen molar-refractivity contribution < 1.29 is 64.6 Å². The van der Waals surface area contributed by atoms with E-state index in [1.165, 1.54) is 19.3 Å². The summed E-state index contributed by atoms with van der Waals surface area (Å²) in [5.41, 5.74) is 0. The van der Waals surface area contributed by atoms with E-state index in [4.69, 9.17) is 18.9 Å². The van der Waals surface area contributed by atoms with Crippen molar-refractivity contribution in [2.24, 2.45) is 0 Å². The van der Waals surface area contributed by atoms with E-state index in [2.05, 4.69) is 31.3 Å². The van der Waals surface area contributed by atoms with Gasteiger partial charge in [-0.05, 0) is 38.5 Å². The summed E-state index contributed by atoms with van der Waals surface area (Å²) in [4.78, 5) is 12.9. The van der Waals surface area contributed by atoms with Gasteiger partial charge in [-0.15, -0.1) is 0 Å². The summed E-state index contributed by atoms with van der Waals surface area (Å²) < 4.78 is 22.4. The van der Waals surface area contributed by atoms with Gasteiger partial charge in [0.1, 0.15) is 48.8 Å². The van der Waals surface area contributed by atoms with Crippen LogP contribution in [0, 0.1) is 0 Å². The highest BCUT2D eigenvalue weighted by atomic mass is 16.7. The number of rotatable bonds is 26. The number of aliphatic hydroxyl groups excluding tert-OH is 8. The van der Waals surface area contributed by atoms with Gasteiger partial charge in [0.05, 0.1) is 32.0 Å². The molecule has 50 heavy (non-hydrogen) atoms. The molecule has 0 aliphatic carbocycles. The van der Waals surface area contributed by atoms with E-state index in [0.717, 1.165) is 64.2 Å². The second-order valence-corrected chi connectivity index (χ2v) is 13.7. The molecule has 294 valence electrons. The summed E-state index contributed by atoms with van der Waals surface area (Å²) in [7, 11) is 0. The summed E-state index contributed by atoms with van der Waals surface area (Å²) in [6.45, 7) is 2.63. The maximum absolute atomic E-state index is 12.9. The molecule has 2 heterocycles. The Kier molecular flexibility index (Phi) is 23.0. The molecule has 9 N–H and O–H groups in total. The molecular weight excluding hydrogens is 654 g/mol. The first-order chi connectivity index (χ1) is 24.1. The number of nitrogens with one attached hydrogen (secondary N) is 1. The molecular formula is C36H67NO13. The molecule has 0 aromatic heterocycles. The minimum Gasteiger partial charge on any atom is -0.394 e. The Bertz CT molecular complexity index is 909. The molecule has 2 fully saturated rings. The lowest BCUT2D eigenvalue weighted by Gasteiger charge is -2.46. The minimum absolute atomic E-state index is 0.229. The van der Waals surface area contributed by atoms with Gasteiger partial charge in [-0.1, -0.05) is 83.8 Å². The molecule has 2 saturated heterocycles. The standard InChI is InChI=1S/C36H67NO13/c1-3-5-7-9-10-11-12-13-14-15-16-18-20-28(41)37-24(25(40)19-17-8-6-4-2)23-47-35-33(46)31(44)34(27(22-39)49-35)50-36-32(45)30(43)29(42)26(21-38)48-36/h10-11,24-27,29-36,38-40,42-46H,3-9,12-23H2,1-2H3,(H,37,41)/b11-10-. The SMILES string of the molecule is CCCCC/C=C\CCCCCCCC(=O)NC(COC1OC(CO)C(OC2OC(CO)C(O)C(O)C2O)C(O)C1O)C(O)CCCCCC. The van der Waals surface area contributed by atoms with Gasteiger partial charge in [0.15, 0.2) is 12.6 Å². The molecule has 12 atom stereocenters. The van der Waals surface area contributed by atoms with Crippen molar-refractivity contribution in [2.45, 2.75) is 190 Å². The van der Waals surface area contributed by atoms with Crippen molar-refractivity contribution in [1.29, 1.82) is 0 Å². The van der Waals surface area contributed by atoms with Crippen molar-refractivity contribution >= 4 is 5.91 Å². The maximum Gasteiger partial charge on any atom is 0.220 e. The number of unbranched alkanes of at least 4 members (excludes halogenated alkanes) is 11. The third-order valence-electron chi connectivity index (χ3n) is 9.48. The summed E-state index contributed by atoms with van der Waals surface area (Å²) in [5.74, 6) is -0.229. The van der Waals surface area contributed by atoms with E-state index >= 15 is 0 Å². The average molecular weight is 722 g/mol. The van der Waals surface area contributed by atoms with Crippen molar-refractivity contribution in [1.82, 2.24) is 5.32 Å². The number of aliphatic hydroxyl groups is 8. The predicted octanol–water partition coefficient (Wildman–Crippen LogP) is 1.31. The van der Waals surface area contributed by atoms with Crippen LogP contribution in [0.5, 0.6) is 0 Å². The molecule has 0 radical (unpaired) electrons. The number of carbonyl (C=O) groups is 1. The Hall–Kier alpha value is -1.27. The summed E-state index contributed by atoms with van der Waals surface area (Å²) in [5, 5.41) is 85.6. The van der Waals surface area contributed by atoms with Gasteiger partial charge >= 0.3 is 0 Å². The molecule has 14 heteroatoms. The largest absolute Gasteiger partial charge is 0.394 e. The molecule has 2 rings (SSSR count). The highest BCUT2D eigenvalue weighted by molar-refractivity contribution is 5.76. The molecule has 1 amide bonds. The molecule has 12 unspecified atom stereocenters. The fourth-order valence-electron chi connectivity index (χ4n) is 6.23. The second-order valence-electron chi connectivity index (χ2n) is 13.7. The Morgan fingerprint density at radius 2 is 1.26 bits per heavy atom. The number of amides is 1. The zero-order valence-corrected chi connectivity index (χ0v) is 30.1. The van der Waals surface area contributed by atoms with Crippen LogP contribution in [0.4, 0.5) is 0 Å². The van der Waals surface area contributed by atoms with Crippen LogP contribution in [-0.2, 0) is 23.7 Å². The summed E-state index contributed by atoms with van der Waals surface area (Å²) in [6.07, 6.45) is 3.15. The number of hydrogen-bond acceptors (Lipinski definition) is 13. The highest BCUT2D eigenvalue weighted by Crippen LogP contribution is 2.30. The predicted molar refractivity (Wildman–Crippen MR) is 185 cm³/mol. The lowest BCUT2D eigenvalue weighted by atomic mass is 9.97. The molecule has 0 spiro atoms. The third kappa shape index (κ3) is 15.4. The quantitative estimate of drug-likeness (QED) is 0.0454. The van der Waals surface area contributed by atoms with Crippen molar-refractivity contribution in [3.05, 3.63) is 12.2 Å². The molecule has 14 nitrogen and oxygen atoms in total. The molecule has 0 saturated carbocycles. The van der Waals surface area contributed by atoms with Crippen molar-refractivity contribution in [3.63, 3.8) is 0 Å². The zero-order valence-electron chi connectivity index (χ0n) is 30.1. The monoisotopic (exact) mass is 721 g/mol. The third-order valence-corrected chi connectivity index (χ3v) is 9.48. The Morgan fingerprint density at radius 1 is 0.700 bits per heavy atom. The van der Waals surface area contributed by atoms with Gasteiger partial charge in [-0.2, -0.15) is 0 Å². The average Bonchev–Trinajstić information content (AvgIpc) is 3.11. The maximum atomic E-state index is 12.9. The normalized spacial score (nSPS) is 31.6. The first-order valence-electron chi connectivity index (χ1n) is 18.9. The molecule has 0 aromatic rings. The molecule has 2 aliphatic heterocycles. The smallest absolute Gasteiger partial charge is 0.220 e. The Balaban J connectivity index is 1.90. The Labute approximate surface area is 297 Å². The summed E-state index contributed by atoms with van der Waals surface area (Å²) >= 11 is 0. The number of carbonyl (C=O) groups excluding carboxylic acids is 1. The van der Waals surface area contributed by atoms with E-state index in [0.29, 0.717) is 19.3 Å². The molecule has 0 aromatic carbocycles. The fraction of sp³-hybridized carbons (Fsp3) is 0.917. The van der Waals surface area contributed by atoms with Gasteiger partial charge in [0.2, 0.25) is 5.91 Å². The molecule has 2 aliphatic rings. The van der Waals surface area contributed by atoms with Crippen LogP contribution in [0.1, 0.15) is 117 Å². The topological polar surface area (TPSA) is 228 Å².